The van der Waals surface area contributed by atoms with Gasteiger partial charge in [0.25, 0.3) is 0 Å². The molecule has 0 saturated heterocycles. The van der Waals surface area contributed by atoms with Gasteiger partial charge in [0, 0.05) is 13.1 Å². The highest BCUT2D eigenvalue weighted by Crippen LogP contribution is 2.23. The largest absolute Gasteiger partial charge is 0.478 e. The van der Waals surface area contributed by atoms with Crippen LogP contribution in [0, 0.1) is 5.82 Å². The van der Waals surface area contributed by atoms with E-state index in [0.29, 0.717) is 0 Å². The zero-order valence-electron chi connectivity index (χ0n) is 11.9. The van der Waals surface area contributed by atoms with Gasteiger partial charge in [-0.15, -0.1) is 0 Å². The zero-order chi connectivity index (χ0) is 15.4. The highest BCUT2D eigenvalue weighted by molar-refractivity contribution is 6.00. The first-order chi connectivity index (χ1) is 9.99. The number of anilines is 1. The van der Waals surface area contributed by atoms with Crippen LogP contribution in [0.3, 0.4) is 0 Å². The monoisotopic (exact) mass is 294 g/mol. The predicted octanol–water partition coefficient (Wildman–Crippen LogP) is 3.32. The lowest BCUT2D eigenvalue weighted by molar-refractivity contribution is 0.0697. The van der Waals surface area contributed by atoms with Gasteiger partial charge < -0.3 is 15.3 Å². The van der Waals surface area contributed by atoms with E-state index in [0.717, 1.165) is 37.8 Å². The van der Waals surface area contributed by atoms with E-state index in [4.69, 9.17) is 5.11 Å². The van der Waals surface area contributed by atoms with E-state index >= 15 is 0 Å². The number of nitrogens with one attached hydrogen (secondary N) is 1. The van der Waals surface area contributed by atoms with Crippen molar-refractivity contribution in [1.82, 2.24) is 4.90 Å². The number of carboxylic acid groups (broad SMARTS) is 1. The molecule has 0 unspecified atom stereocenters. The van der Waals surface area contributed by atoms with Gasteiger partial charge >= 0.3 is 12.0 Å². The Morgan fingerprint density at radius 1 is 1.29 bits per heavy atom. The van der Waals surface area contributed by atoms with Crippen molar-refractivity contribution >= 4 is 17.7 Å². The number of amides is 2. The molecule has 0 radical (unpaired) electrons. The normalized spacial score (nSPS) is 15.5. The van der Waals surface area contributed by atoms with Gasteiger partial charge in [0.15, 0.2) is 0 Å². The Labute approximate surface area is 122 Å². The van der Waals surface area contributed by atoms with Crippen molar-refractivity contribution in [3.63, 3.8) is 0 Å². The molecule has 0 aliphatic heterocycles. The van der Waals surface area contributed by atoms with Crippen molar-refractivity contribution in [2.45, 2.75) is 38.1 Å². The van der Waals surface area contributed by atoms with Gasteiger partial charge in [0.1, 0.15) is 5.82 Å². The van der Waals surface area contributed by atoms with Gasteiger partial charge in [-0.1, -0.05) is 19.3 Å². The maximum Gasteiger partial charge on any atom is 0.337 e. The minimum atomic E-state index is -1.27. The molecule has 1 saturated carbocycles. The molecule has 2 N–H and O–H groups in total. The van der Waals surface area contributed by atoms with Gasteiger partial charge in [-0.25, -0.2) is 14.0 Å². The Morgan fingerprint density at radius 3 is 2.57 bits per heavy atom. The van der Waals surface area contributed by atoms with Crippen LogP contribution in [0.4, 0.5) is 14.9 Å². The van der Waals surface area contributed by atoms with Crippen molar-refractivity contribution in [3.8, 4) is 0 Å². The molecule has 2 amide bonds. The number of aromatic carboxylic acids is 1. The van der Waals surface area contributed by atoms with Gasteiger partial charge in [0.05, 0.1) is 11.3 Å². The topological polar surface area (TPSA) is 69.6 Å². The summed E-state index contributed by atoms with van der Waals surface area (Å²) in [4.78, 5) is 24.9. The molecule has 5 nitrogen and oxygen atoms in total. The zero-order valence-corrected chi connectivity index (χ0v) is 11.9. The molecule has 6 heteroatoms. The van der Waals surface area contributed by atoms with E-state index in [1.807, 2.05) is 0 Å². The lowest BCUT2D eigenvalue weighted by Crippen LogP contribution is -2.41. The summed E-state index contributed by atoms with van der Waals surface area (Å²) in [7, 11) is 1.70. The smallest absolute Gasteiger partial charge is 0.337 e. The lowest BCUT2D eigenvalue weighted by atomic mass is 9.95. The summed E-state index contributed by atoms with van der Waals surface area (Å²) in [6.07, 6.45) is 5.30. The van der Waals surface area contributed by atoms with Crippen LogP contribution in [0.5, 0.6) is 0 Å². The minimum absolute atomic E-state index is 0.108. The number of halogens is 1. The second-order valence-electron chi connectivity index (χ2n) is 5.33. The molecular formula is C15H19FN2O3. The first kappa shape index (κ1) is 15.3. The predicted molar refractivity (Wildman–Crippen MR) is 77.0 cm³/mol. The number of benzene rings is 1. The van der Waals surface area contributed by atoms with Crippen LogP contribution in [-0.4, -0.2) is 35.1 Å². The van der Waals surface area contributed by atoms with Gasteiger partial charge in [-0.3, -0.25) is 0 Å². The molecule has 1 fully saturated rings. The number of carbonyl (C=O) groups excluding carboxylic acids is 1. The van der Waals surface area contributed by atoms with Crippen molar-refractivity contribution in [2.75, 3.05) is 12.4 Å². The fourth-order valence-electron chi connectivity index (χ4n) is 2.64. The Bertz CT molecular complexity index is 542. The Balaban J connectivity index is 2.10. The maximum atomic E-state index is 13.1. The van der Waals surface area contributed by atoms with Crippen molar-refractivity contribution in [1.29, 1.82) is 0 Å². The summed E-state index contributed by atoms with van der Waals surface area (Å²) in [5, 5.41) is 11.6. The molecule has 1 aromatic rings. The Hall–Kier alpha value is -2.11. The molecule has 0 aromatic heterocycles. The molecule has 0 heterocycles. The first-order valence-corrected chi connectivity index (χ1v) is 7.05. The van der Waals surface area contributed by atoms with Crippen molar-refractivity contribution < 1.29 is 19.1 Å². The van der Waals surface area contributed by atoms with Crippen LogP contribution in [0.15, 0.2) is 18.2 Å². The molecule has 0 spiro atoms. The van der Waals surface area contributed by atoms with Crippen LogP contribution in [0.2, 0.25) is 0 Å². The molecule has 1 aromatic carbocycles. The fraction of sp³-hybridized carbons (Fsp3) is 0.467. The molecule has 0 bridgehead atoms. The first-order valence-electron chi connectivity index (χ1n) is 7.05. The van der Waals surface area contributed by atoms with Gasteiger partial charge in [0.2, 0.25) is 0 Å². The summed E-state index contributed by atoms with van der Waals surface area (Å²) >= 11 is 0. The summed E-state index contributed by atoms with van der Waals surface area (Å²) in [5.74, 6) is -1.92. The molecule has 0 atom stereocenters. The van der Waals surface area contributed by atoms with Gasteiger partial charge in [-0.05, 0) is 31.0 Å². The standard InChI is InChI=1S/C15H19FN2O3/c1-18(11-5-3-2-4-6-11)15(21)17-13-8-7-10(16)9-12(13)14(19)20/h7-9,11H,2-6H2,1H3,(H,17,21)(H,19,20). The van der Waals surface area contributed by atoms with Crippen molar-refractivity contribution in [3.05, 3.63) is 29.6 Å². The van der Waals surface area contributed by atoms with E-state index in [-0.39, 0.29) is 23.3 Å². The van der Waals surface area contributed by atoms with Crippen LogP contribution in [-0.2, 0) is 0 Å². The second kappa shape index (κ2) is 6.56. The number of nitrogens with zero attached hydrogens (tertiary/aromatic N) is 1. The summed E-state index contributed by atoms with van der Waals surface area (Å²) in [6.45, 7) is 0. The fourth-order valence-corrected chi connectivity index (χ4v) is 2.64. The SMILES string of the molecule is CN(C(=O)Nc1ccc(F)cc1C(=O)O)C1CCCCC1. The number of hydrogen-bond acceptors (Lipinski definition) is 2. The van der Waals surface area contributed by atoms with E-state index in [1.54, 1.807) is 11.9 Å². The van der Waals surface area contributed by atoms with Crippen molar-refractivity contribution in [2.24, 2.45) is 0 Å². The third-order valence-electron chi connectivity index (χ3n) is 3.90. The Morgan fingerprint density at radius 2 is 1.95 bits per heavy atom. The lowest BCUT2D eigenvalue weighted by Gasteiger charge is -2.31. The quantitative estimate of drug-likeness (QED) is 0.898. The highest BCUT2D eigenvalue weighted by Gasteiger charge is 2.23. The van der Waals surface area contributed by atoms with Crippen LogP contribution >= 0.6 is 0 Å². The summed E-state index contributed by atoms with van der Waals surface area (Å²) in [6, 6.07) is 3.11. The molecular weight excluding hydrogens is 275 g/mol. The number of carboxylic acids is 1. The van der Waals surface area contributed by atoms with Gasteiger partial charge in [-0.2, -0.15) is 0 Å². The summed E-state index contributed by atoms with van der Waals surface area (Å²) in [5.41, 5.74) is -0.142. The second-order valence-corrected chi connectivity index (χ2v) is 5.33. The summed E-state index contributed by atoms with van der Waals surface area (Å²) < 4.78 is 13.1. The molecule has 2 rings (SSSR count). The van der Waals surface area contributed by atoms with E-state index in [1.165, 1.54) is 12.5 Å². The average molecular weight is 294 g/mol. The van der Waals surface area contributed by atoms with Crippen LogP contribution in [0.1, 0.15) is 42.5 Å². The van der Waals surface area contributed by atoms with Crippen LogP contribution in [0.25, 0.3) is 0 Å². The number of hydrogen-bond donors (Lipinski definition) is 2. The minimum Gasteiger partial charge on any atom is -0.478 e. The number of urea groups is 1. The molecule has 1 aliphatic rings. The van der Waals surface area contributed by atoms with E-state index in [9.17, 15) is 14.0 Å². The third-order valence-corrected chi connectivity index (χ3v) is 3.90. The van der Waals surface area contributed by atoms with Crippen LogP contribution < -0.4 is 5.32 Å². The Kier molecular flexibility index (Phi) is 4.77. The maximum absolute atomic E-state index is 13.1. The molecule has 21 heavy (non-hydrogen) atoms. The van der Waals surface area contributed by atoms with E-state index in [2.05, 4.69) is 5.32 Å². The number of rotatable bonds is 3. The highest BCUT2D eigenvalue weighted by atomic mass is 19.1. The number of carbonyl (C=O) groups is 2. The molecule has 114 valence electrons. The van der Waals surface area contributed by atoms with E-state index < -0.39 is 11.8 Å². The third kappa shape index (κ3) is 3.71. The average Bonchev–Trinajstić information content (AvgIpc) is 2.49. The molecule has 1 aliphatic carbocycles.